The van der Waals surface area contributed by atoms with Crippen LogP contribution in [0.5, 0.6) is 11.5 Å². The van der Waals surface area contributed by atoms with Gasteiger partial charge in [-0.05, 0) is 80.5 Å². The van der Waals surface area contributed by atoms with Gasteiger partial charge in [-0.3, -0.25) is 9.78 Å². The summed E-state index contributed by atoms with van der Waals surface area (Å²) in [4.78, 5) is 29.8. The SMILES string of the molecule is O=C(OCC(=O)C12CC3CC(CC(C3)C1)C2)c1ccccc1Oc1cccnc1. The number of Topliss-reactive ketones (excluding diaryl/α,β-unsaturated/α-hetero) is 1. The number of carbonyl (C=O) groups excluding carboxylic acids is 2. The first-order valence-corrected chi connectivity index (χ1v) is 10.5. The van der Waals surface area contributed by atoms with Crippen LogP contribution in [0, 0.1) is 23.2 Å². The minimum absolute atomic E-state index is 0.107. The number of para-hydroxylation sites is 1. The van der Waals surface area contributed by atoms with Crippen LogP contribution in [0.2, 0.25) is 0 Å². The highest BCUT2D eigenvalue weighted by Crippen LogP contribution is 2.60. The van der Waals surface area contributed by atoms with Crippen molar-refractivity contribution in [1.82, 2.24) is 4.98 Å². The van der Waals surface area contributed by atoms with E-state index in [0.717, 1.165) is 19.3 Å². The van der Waals surface area contributed by atoms with Crippen LogP contribution in [-0.2, 0) is 9.53 Å². The molecule has 0 radical (unpaired) electrons. The van der Waals surface area contributed by atoms with E-state index in [1.54, 1.807) is 48.8 Å². The van der Waals surface area contributed by atoms with E-state index in [1.165, 1.54) is 19.3 Å². The lowest BCUT2D eigenvalue weighted by molar-refractivity contribution is -0.147. The van der Waals surface area contributed by atoms with Gasteiger partial charge in [-0.25, -0.2) is 4.79 Å². The van der Waals surface area contributed by atoms with Crippen LogP contribution in [-0.4, -0.2) is 23.3 Å². The highest BCUT2D eigenvalue weighted by atomic mass is 16.5. The van der Waals surface area contributed by atoms with Crippen molar-refractivity contribution in [3.05, 3.63) is 54.4 Å². The van der Waals surface area contributed by atoms with Gasteiger partial charge in [0.1, 0.15) is 17.1 Å². The second kappa shape index (κ2) is 7.29. The lowest BCUT2D eigenvalue weighted by Gasteiger charge is -2.55. The molecule has 2 aromatic rings. The number of hydrogen-bond donors (Lipinski definition) is 0. The molecule has 4 aliphatic rings. The predicted octanol–water partition coefficient (Wildman–Crippen LogP) is 4.82. The summed E-state index contributed by atoms with van der Waals surface area (Å²) in [5.41, 5.74) is 0.0653. The molecular formula is C24H25NO4. The van der Waals surface area contributed by atoms with Gasteiger partial charge < -0.3 is 9.47 Å². The fourth-order valence-corrected chi connectivity index (χ4v) is 6.07. The Kier molecular flexibility index (Phi) is 4.61. The van der Waals surface area contributed by atoms with Crippen LogP contribution >= 0.6 is 0 Å². The van der Waals surface area contributed by atoms with E-state index < -0.39 is 5.97 Å². The molecule has 1 aromatic heterocycles. The van der Waals surface area contributed by atoms with Gasteiger partial charge in [-0.2, -0.15) is 0 Å². The number of esters is 1. The lowest BCUT2D eigenvalue weighted by Crippen LogP contribution is -2.51. The van der Waals surface area contributed by atoms with Gasteiger partial charge in [0.2, 0.25) is 0 Å². The molecule has 0 N–H and O–H groups in total. The van der Waals surface area contributed by atoms with E-state index in [4.69, 9.17) is 9.47 Å². The zero-order chi connectivity index (χ0) is 19.8. The van der Waals surface area contributed by atoms with E-state index in [9.17, 15) is 9.59 Å². The smallest absolute Gasteiger partial charge is 0.342 e. The number of pyridine rings is 1. The Morgan fingerprint density at radius 1 is 0.966 bits per heavy atom. The molecule has 4 bridgehead atoms. The van der Waals surface area contributed by atoms with Crippen molar-refractivity contribution in [2.45, 2.75) is 38.5 Å². The Balaban J connectivity index is 1.26. The molecule has 0 aliphatic heterocycles. The van der Waals surface area contributed by atoms with Gasteiger partial charge >= 0.3 is 5.97 Å². The number of ether oxygens (including phenoxy) is 2. The largest absolute Gasteiger partial charge is 0.455 e. The van der Waals surface area contributed by atoms with E-state index >= 15 is 0 Å². The summed E-state index contributed by atoms with van der Waals surface area (Å²) in [6.45, 7) is -0.147. The first kappa shape index (κ1) is 18.3. The molecule has 1 aromatic carbocycles. The predicted molar refractivity (Wildman–Crippen MR) is 107 cm³/mol. The van der Waals surface area contributed by atoms with Crippen molar-refractivity contribution in [2.75, 3.05) is 6.61 Å². The molecular weight excluding hydrogens is 366 g/mol. The van der Waals surface area contributed by atoms with Crippen molar-refractivity contribution in [3.63, 3.8) is 0 Å². The molecule has 0 amide bonds. The number of hydrogen-bond acceptors (Lipinski definition) is 5. The normalized spacial score (nSPS) is 29.4. The lowest BCUT2D eigenvalue weighted by atomic mass is 9.48. The summed E-state index contributed by atoms with van der Waals surface area (Å²) in [5, 5.41) is 0. The highest BCUT2D eigenvalue weighted by Gasteiger charge is 2.54. The summed E-state index contributed by atoms with van der Waals surface area (Å²) in [6.07, 6.45) is 10.0. The van der Waals surface area contributed by atoms with Crippen LogP contribution in [0.3, 0.4) is 0 Å². The number of nitrogens with zero attached hydrogens (tertiary/aromatic N) is 1. The van der Waals surface area contributed by atoms with Crippen molar-refractivity contribution in [3.8, 4) is 11.5 Å². The minimum atomic E-state index is -0.525. The standard InChI is InChI=1S/C24H25NO4/c26-22(24-11-16-8-17(12-24)10-18(9-16)13-24)15-28-23(27)20-5-1-2-6-21(20)29-19-4-3-7-25-14-19/h1-7,14,16-18H,8-13,15H2. The zero-order valence-corrected chi connectivity index (χ0v) is 16.4. The Labute approximate surface area is 170 Å². The Hall–Kier alpha value is -2.69. The molecule has 0 atom stereocenters. The van der Waals surface area contributed by atoms with Crippen LogP contribution < -0.4 is 4.74 Å². The maximum absolute atomic E-state index is 13.1. The number of aromatic nitrogens is 1. The van der Waals surface area contributed by atoms with E-state index in [-0.39, 0.29) is 17.8 Å². The van der Waals surface area contributed by atoms with E-state index in [0.29, 0.717) is 34.8 Å². The van der Waals surface area contributed by atoms with Crippen molar-refractivity contribution in [2.24, 2.45) is 23.2 Å². The molecule has 5 nitrogen and oxygen atoms in total. The second-order valence-electron chi connectivity index (χ2n) is 8.98. The Bertz CT molecular complexity index is 888. The zero-order valence-electron chi connectivity index (χ0n) is 16.4. The van der Waals surface area contributed by atoms with Crippen LogP contribution in [0.4, 0.5) is 0 Å². The van der Waals surface area contributed by atoms with Crippen LogP contribution in [0.25, 0.3) is 0 Å². The molecule has 0 unspecified atom stereocenters. The average Bonchev–Trinajstić information content (AvgIpc) is 2.72. The summed E-state index contributed by atoms with van der Waals surface area (Å²) in [6, 6.07) is 10.5. The van der Waals surface area contributed by atoms with Crippen molar-refractivity contribution in [1.29, 1.82) is 0 Å². The van der Waals surface area contributed by atoms with Gasteiger partial charge in [0.25, 0.3) is 0 Å². The second-order valence-corrected chi connectivity index (χ2v) is 8.98. The molecule has 1 heterocycles. The van der Waals surface area contributed by atoms with E-state index in [2.05, 4.69) is 4.98 Å². The van der Waals surface area contributed by atoms with Crippen molar-refractivity contribution >= 4 is 11.8 Å². The van der Waals surface area contributed by atoms with E-state index in [1.807, 2.05) is 0 Å². The van der Waals surface area contributed by atoms with Gasteiger partial charge in [-0.1, -0.05) is 12.1 Å². The fourth-order valence-electron chi connectivity index (χ4n) is 6.07. The first-order valence-electron chi connectivity index (χ1n) is 10.5. The molecule has 5 heteroatoms. The molecule has 29 heavy (non-hydrogen) atoms. The Morgan fingerprint density at radius 2 is 1.66 bits per heavy atom. The van der Waals surface area contributed by atoms with Gasteiger partial charge in [0, 0.05) is 11.6 Å². The molecule has 4 fully saturated rings. The summed E-state index contributed by atoms with van der Waals surface area (Å²) < 4.78 is 11.3. The molecule has 0 spiro atoms. The third-order valence-electron chi connectivity index (χ3n) is 6.93. The Morgan fingerprint density at radius 3 is 2.31 bits per heavy atom. The molecule has 4 saturated carbocycles. The van der Waals surface area contributed by atoms with Crippen LogP contribution in [0.1, 0.15) is 48.9 Å². The monoisotopic (exact) mass is 391 g/mol. The number of ketones is 1. The minimum Gasteiger partial charge on any atom is -0.455 e. The summed E-state index contributed by atoms with van der Waals surface area (Å²) in [5.74, 6) is 2.59. The maximum Gasteiger partial charge on any atom is 0.342 e. The molecule has 150 valence electrons. The average molecular weight is 391 g/mol. The third-order valence-corrected chi connectivity index (χ3v) is 6.93. The third kappa shape index (κ3) is 3.54. The molecule has 6 rings (SSSR count). The fraction of sp³-hybridized carbons (Fsp3) is 0.458. The van der Waals surface area contributed by atoms with Gasteiger partial charge in [-0.15, -0.1) is 0 Å². The first-order chi connectivity index (χ1) is 14.1. The molecule has 4 aliphatic carbocycles. The van der Waals surface area contributed by atoms with Gasteiger partial charge in [0.05, 0.1) is 6.20 Å². The number of benzene rings is 1. The summed E-state index contributed by atoms with van der Waals surface area (Å²) >= 11 is 0. The summed E-state index contributed by atoms with van der Waals surface area (Å²) in [7, 11) is 0. The van der Waals surface area contributed by atoms with Crippen LogP contribution in [0.15, 0.2) is 48.8 Å². The maximum atomic E-state index is 13.1. The molecule has 0 saturated heterocycles. The number of carbonyl (C=O) groups is 2. The van der Waals surface area contributed by atoms with Gasteiger partial charge in [0.15, 0.2) is 12.4 Å². The van der Waals surface area contributed by atoms with Crippen molar-refractivity contribution < 1.29 is 19.1 Å². The topological polar surface area (TPSA) is 65.5 Å². The quantitative estimate of drug-likeness (QED) is 0.661. The highest BCUT2D eigenvalue weighted by molar-refractivity contribution is 5.95. The number of rotatable bonds is 6.